The Morgan fingerprint density at radius 1 is 1.17 bits per heavy atom. The summed E-state index contributed by atoms with van der Waals surface area (Å²) in [5, 5.41) is 24.5. The maximum atomic E-state index is 11.4. The summed E-state index contributed by atoms with van der Waals surface area (Å²) < 4.78 is 0. The van der Waals surface area contributed by atoms with E-state index in [-0.39, 0.29) is 24.7 Å². The molecule has 3 aromatic rings. The normalized spacial score (nSPS) is 20.9. The third kappa shape index (κ3) is 5.21. The minimum Gasteiger partial charge on any atom is -0.481 e. The summed E-state index contributed by atoms with van der Waals surface area (Å²) in [6, 6.07) is 11.6. The molecule has 2 bridgehead atoms. The van der Waals surface area contributed by atoms with Crippen LogP contribution in [0.5, 0.6) is 0 Å². The van der Waals surface area contributed by atoms with E-state index in [4.69, 9.17) is 18.2 Å². The summed E-state index contributed by atoms with van der Waals surface area (Å²) in [6.45, 7) is 11.6. The molecule has 7 nitrogen and oxygen atoms in total. The molecule has 2 unspecified atom stereocenters. The molecule has 5 rings (SSSR count). The number of carboxylic acid groups (broad SMARTS) is 1. The molecular formula is C27H29Cl2N5O2. The highest BCUT2D eigenvalue weighted by molar-refractivity contribution is 6.31. The van der Waals surface area contributed by atoms with Crippen molar-refractivity contribution >= 4 is 58.1 Å². The SMILES string of the molecule is Cl.[C-]#[N+]c1ccc2c(N3CC4CCCC(C3)C4CC(=O)O)nnc(NCc3ccc(C)c(Cl)c3)c2c1. The van der Waals surface area contributed by atoms with Crippen LogP contribution in [0.3, 0.4) is 0 Å². The van der Waals surface area contributed by atoms with Gasteiger partial charge >= 0.3 is 5.97 Å². The van der Waals surface area contributed by atoms with Gasteiger partial charge in [0.05, 0.1) is 6.57 Å². The van der Waals surface area contributed by atoms with Crippen LogP contribution in [0, 0.1) is 31.2 Å². The van der Waals surface area contributed by atoms with Crippen molar-refractivity contribution in [2.24, 2.45) is 17.8 Å². The fraction of sp³-hybridized carbons (Fsp3) is 0.407. The molecule has 2 aromatic carbocycles. The number of carbonyl (C=O) groups is 1. The number of rotatable bonds is 6. The zero-order chi connectivity index (χ0) is 24.5. The molecule has 1 aliphatic carbocycles. The average molecular weight is 526 g/mol. The summed E-state index contributed by atoms with van der Waals surface area (Å²) in [6.07, 6.45) is 3.51. The highest BCUT2D eigenvalue weighted by Crippen LogP contribution is 2.44. The summed E-state index contributed by atoms with van der Waals surface area (Å²) in [7, 11) is 0. The molecule has 0 radical (unpaired) electrons. The van der Waals surface area contributed by atoms with Crippen LogP contribution in [-0.2, 0) is 11.3 Å². The number of nitrogens with zero attached hydrogens (tertiary/aromatic N) is 4. The summed E-state index contributed by atoms with van der Waals surface area (Å²) in [4.78, 5) is 17.3. The van der Waals surface area contributed by atoms with Crippen molar-refractivity contribution < 1.29 is 9.90 Å². The number of piperidine rings is 1. The van der Waals surface area contributed by atoms with Gasteiger partial charge in [0, 0.05) is 41.9 Å². The van der Waals surface area contributed by atoms with Gasteiger partial charge in [-0.1, -0.05) is 42.3 Å². The largest absolute Gasteiger partial charge is 0.481 e. The molecule has 1 saturated heterocycles. The predicted octanol–water partition coefficient (Wildman–Crippen LogP) is 6.50. The summed E-state index contributed by atoms with van der Waals surface area (Å²) in [5.74, 6) is 1.66. The van der Waals surface area contributed by atoms with Gasteiger partial charge in [-0.25, -0.2) is 4.85 Å². The molecule has 2 atom stereocenters. The van der Waals surface area contributed by atoms with Gasteiger partial charge in [-0.15, -0.1) is 22.6 Å². The minimum absolute atomic E-state index is 0. The number of halogens is 2. The van der Waals surface area contributed by atoms with E-state index in [1.807, 2.05) is 43.3 Å². The van der Waals surface area contributed by atoms with Gasteiger partial charge in [0.15, 0.2) is 17.3 Å². The fourth-order valence-electron chi connectivity index (χ4n) is 5.75. The van der Waals surface area contributed by atoms with Crippen LogP contribution in [0.1, 0.15) is 36.8 Å². The molecule has 1 saturated carbocycles. The van der Waals surface area contributed by atoms with E-state index in [1.165, 1.54) is 0 Å². The van der Waals surface area contributed by atoms with Crippen molar-refractivity contribution in [2.75, 3.05) is 23.3 Å². The van der Waals surface area contributed by atoms with Crippen molar-refractivity contribution in [3.63, 3.8) is 0 Å². The number of aryl methyl sites for hydroxylation is 1. The van der Waals surface area contributed by atoms with Crippen molar-refractivity contribution in [1.29, 1.82) is 0 Å². The van der Waals surface area contributed by atoms with E-state index < -0.39 is 5.97 Å². The Labute approximate surface area is 222 Å². The number of aromatic nitrogens is 2. The number of aliphatic carboxylic acids is 1. The lowest BCUT2D eigenvalue weighted by Crippen LogP contribution is -2.49. The lowest BCUT2D eigenvalue weighted by molar-refractivity contribution is -0.139. The smallest absolute Gasteiger partial charge is 0.303 e. The van der Waals surface area contributed by atoms with E-state index in [0.29, 0.717) is 29.9 Å². The van der Waals surface area contributed by atoms with Gasteiger partial charge in [0.2, 0.25) is 0 Å². The molecule has 0 spiro atoms. The maximum absolute atomic E-state index is 11.4. The second-order valence-electron chi connectivity index (χ2n) is 9.77. The van der Waals surface area contributed by atoms with Crippen LogP contribution in [0.2, 0.25) is 5.02 Å². The van der Waals surface area contributed by atoms with Crippen molar-refractivity contribution in [2.45, 2.75) is 39.2 Å². The highest BCUT2D eigenvalue weighted by Gasteiger charge is 2.41. The van der Waals surface area contributed by atoms with Gasteiger partial charge in [-0.05, 0) is 60.8 Å². The van der Waals surface area contributed by atoms with Gasteiger partial charge in [-0.2, -0.15) is 0 Å². The Hall–Kier alpha value is -3.08. The summed E-state index contributed by atoms with van der Waals surface area (Å²) in [5.41, 5.74) is 2.62. The number of hydrogen-bond acceptors (Lipinski definition) is 5. The zero-order valence-corrected chi connectivity index (χ0v) is 21.6. The first-order chi connectivity index (χ1) is 16.9. The molecular weight excluding hydrogens is 497 g/mol. The molecule has 9 heteroatoms. The quantitative estimate of drug-likeness (QED) is 0.357. The Morgan fingerprint density at radius 2 is 1.92 bits per heavy atom. The monoisotopic (exact) mass is 525 g/mol. The predicted molar refractivity (Wildman–Crippen MR) is 145 cm³/mol. The van der Waals surface area contributed by atoms with Crippen molar-refractivity contribution in [3.05, 3.63) is 64.0 Å². The lowest BCUT2D eigenvalue weighted by Gasteiger charge is -2.47. The summed E-state index contributed by atoms with van der Waals surface area (Å²) >= 11 is 6.29. The van der Waals surface area contributed by atoms with Gasteiger partial charge in [-0.3, -0.25) is 4.79 Å². The minimum atomic E-state index is -0.706. The Bertz CT molecular complexity index is 1310. The van der Waals surface area contributed by atoms with Crippen molar-refractivity contribution in [3.8, 4) is 0 Å². The van der Waals surface area contributed by atoms with E-state index in [0.717, 1.165) is 65.1 Å². The van der Waals surface area contributed by atoms with Gasteiger partial charge < -0.3 is 15.3 Å². The fourth-order valence-corrected chi connectivity index (χ4v) is 5.95. The van der Waals surface area contributed by atoms with Crippen LogP contribution in [0.15, 0.2) is 36.4 Å². The highest BCUT2D eigenvalue weighted by atomic mass is 35.5. The van der Waals surface area contributed by atoms with Crippen LogP contribution in [-0.4, -0.2) is 34.4 Å². The van der Waals surface area contributed by atoms with Crippen LogP contribution in [0.25, 0.3) is 15.6 Å². The average Bonchev–Trinajstić information content (AvgIpc) is 2.83. The molecule has 188 valence electrons. The number of carboxylic acids is 1. The standard InChI is InChI=1S/C27H28ClN5O2.ClH/c1-16-6-7-17(10-24(16)28)13-30-26-23-11-20(29-2)8-9-21(23)27(32-31-26)33-14-18-4-3-5-19(15-33)22(18)12-25(34)35;/h6-11,18-19,22H,3-5,12-15H2,1H3,(H,30,31)(H,34,35);1H. The Kier molecular flexibility index (Phi) is 7.87. The molecule has 1 aliphatic heterocycles. The van der Waals surface area contributed by atoms with Gasteiger partial charge in [0.1, 0.15) is 0 Å². The van der Waals surface area contributed by atoms with Gasteiger partial charge in [0.25, 0.3) is 0 Å². The molecule has 2 N–H and O–H groups in total. The maximum Gasteiger partial charge on any atom is 0.303 e. The topological polar surface area (TPSA) is 82.7 Å². The first-order valence-electron chi connectivity index (χ1n) is 12.1. The number of hydrogen-bond donors (Lipinski definition) is 2. The molecule has 1 aromatic heterocycles. The number of nitrogens with one attached hydrogen (secondary N) is 1. The first-order valence-corrected chi connectivity index (χ1v) is 12.4. The van der Waals surface area contributed by atoms with Crippen LogP contribution >= 0.6 is 24.0 Å². The second-order valence-corrected chi connectivity index (χ2v) is 10.2. The molecule has 2 fully saturated rings. The lowest BCUT2D eigenvalue weighted by atomic mass is 9.67. The van der Waals surface area contributed by atoms with Crippen LogP contribution in [0.4, 0.5) is 17.3 Å². The molecule has 2 heterocycles. The van der Waals surface area contributed by atoms with Crippen LogP contribution < -0.4 is 10.2 Å². The number of fused-ring (bicyclic) bond motifs is 3. The second kappa shape index (κ2) is 10.9. The number of anilines is 2. The Morgan fingerprint density at radius 3 is 2.58 bits per heavy atom. The van der Waals surface area contributed by atoms with E-state index in [9.17, 15) is 9.90 Å². The number of benzene rings is 2. The third-order valence-electron chi connectivity index (χ3n) is 7.55. The third-order valence-corrected chi connectivity index (χ3v) is 7.96. The Balaban J connectivity index is 0.00000304. The van der Waals surface area contributed by atoms with Crippen molar-refractivity contribution in [1.82, 2.24) is 10.2 Å². The van der Waals surface area contributed by atoms with E-state index in [1.54, 1.807) is 0 Å². The first kappa shape index (κ1) is 26.0. The molecule has 2 aliphatic rings. The van der Waals surface area contributed by atoms with E-state index in [2.05, 4.69) is 25.3 Å². The zero-order valence-electron chi connectivity index (χ0n) is 20.1. The molecule has 36 heavy (non-hydrogen) atoms. The van der Waals surface area contributed by atoms with E-state index >= 15 is 0 Å². The molecule has 0 amide bonds.